The van der Waals surface area contributed by atoms with Crippen LogP contribution in [-0.2, 0) is 4.74 Å². The van der Waals surface area contributed by atoms with Crippen LogP contribution in [0.25, 0.3) is 10.9 Å². The SMILES string of the molecule is Cc1cc(NC(=O)Nc2ccc(Oc3ccnc4cc(OCCCN5CCOCC5)c5c(c34)OCCO5)cc2)ccc1Cl. The van der Waals surface area contributed by atoms with E-state index in [1.165, 1.54) is 0 Å². The van der Waals surface area contributed by atoms with Crippen molar-refractivity contribution in [2.75, 3.05) is 63.3 Å². The molecule has 2 N–H and O–H groups in total. The predicted molar refractivity (Wildman–Crippen MR) is 165 cm³/mol. The maximum Gasteiger partial charge on any atom is 0.323 e. The number of hydrogen-bond donors (Lipinski definition) is 2. The lowest BCUT2D eigenvalue weighted by Gasteiger charge is -2.26. The van der Waals surface area contributed by atoms with Crippen molar-refractivity contribution in [1.82, 2.24) is 9.88 Å². The predicted octanol–water partition coefficient (Wildman–Crippen LogP) is 6.51. The molecule has 2 aliphatic rings. The Hall–Kier alpha value is -4.25. The summed E-state index contributed by atoms with van der Waals surface area (Å²) in [5.74, 6) is 2.88. The second-order valence-corrected chi connectivity index (χ2v) is 10.7. The van der Waals surface area contributed by atoms with Gasteiger partial charge in [0.1, 0.15) is 24.7 Å². The van der Waals surface area contributed by atoms with E-state index in [1.807, 2.05) is 19.1 Å². The Bertz CT molecular complexity index is 1590. The van der Waals surface area contributed by atoms with E-state index in [9.17, 15) is 4.79 Å². The molecule has 11 heteroatoms. The number of morpholine rings is 1. The molecule has 2 aliphatic heterocycles. The van der Waals surface area contributed by atoms with Gasteiger partial charge in [-0.1, -0.05) is 11.6 Å². The maximum atomic E-state index is 12.5. The van der Waals surface area contributed by atoms with Crippen LogP contribution in [0.5, 0.6) is 28.7 Å². The highest BCUT2D eigenvalue weighted by Gasteiger charge is 2.25. The monoisotopic (exact) mass is 604 g/mol. The van der Waals surface area contributed by atoms with E-state index in [4.69, 9.17) is 35.3 Å². The van der Waals surface area contributed by atoms with E-state index in [1.54, 1.807) is 48.7 Å². The minimum absolute atomic E-state index is 0.363. The zero-order valence-electron chi connectivity index (χ0n) is 23.9. The number of amides is 2. The van der Waals surface area contributed by atoms with Crippen molar-refractivity contribution in [3.63, 3.8) is 0 Å². The van der Waals surface area contributed by atoms with Gasteiger partial charge in [0.05, 0.1) is 30.7 Å². The third-order valence-corrected chi connectivity index (χ3v) is 7.60. The first-order chi connectivity index (χ1) is 21.0. The molecule has 2 amide bonds. The van der Waals surface area contributed by atoms with Crippen molar-refractivity contribution in [2.45, 2.75) is 13.3 Å². The lowest BCUT2D eigenvalue weighted by Crippen LogP contribution is -2.37. The Kier molecular flexibility index (Phi) is 8.97. The van der Waals surface area contributed by atoms with Gasteiger partial charge in [-0.05, 0) is 67.4 Å². The highest BCUT2D eigenvalue weighted by Crippen LogP contribution is 2.48. The van der Waals surface area contributed by atoms with E-state index < -0.39 is 0 Å². The summed E-state index contributed by atoms with van der Waals surface area (Å²) < 4.78 is 29.9. The number of halogens is 1. The number of urea groups is 1. The summed E-state index contributed by atoms with van der Waals surface area (Å²) in [5, 5.41) is 6.98. The summed E-state index contributed by atoms with van der Waals surface area (Å²) in [6.07, 6.45) is 2.58. The van der Waals surface area contributed by atoms with Crippen LogP contribution >= 0.6 is 11.6 Å². The topological polar surface area (TPSA) is 103 Å². The molecule has 1 fully saturated rings. The number of ether oxygens (including phenoxy) is 5. The quantitative estimate of drug-likeness (QED) is 0.209. The van der Waals surface area contributed by atoms with E-state index >= 15 is 0 Å². The van der Waals surface area contributed by atoms with Gasteiger partial charge >= 0.3 is 6.03 Å². The molecule has 3 heterocycles. The lowest BCUT2D eigenvalue weighted by molar-refractivity contribution is 0.0357. The van der Waals surface area contributed by atoms with E-state index in [0.29, 0.717) is 75.9 Å². The highest BCUT2D eigenvalue weighted by atomic mass is 35.5. The summed E-state index contributed by atoms with van der Waals surface area (Å²) in [6.45, 7) is 7.69. The smallest absolute Gasteiger partial charge is 0.323 e. The Balaban J connectivity index is 1.13. The number of nitrogens with one attached hydrogen (secondary N) is 2. The molecular formula is C32H33ClN4O6. The molecule has 10 nitrogen and oxygen atoms in total. The van der Waals surface area contributed by atoms with Gasteiger partial charge in [0.25, 0.3) is 0 Å². The van der Waals surface area contributed by atoms with E-state index in [2.05, 4.69) is 20.5 Å². The molecule has 0 spiro atoms. The summed E-state index contributed by atoms with van der Waals surface area (Å²) in [5.41, 5.74) is 2.82. The van der Waals surface area contributed by atoms with Crippen LogP contribution in [0.3, 0.4) is 0 Å². The van der Waals surface area contributed by atoms with Gasteiger partial charge in [-0.2, -0.15) is 0 Å². The van der Waals surface area contributed by atoms with Crippen molar-refractivity contribution < 1.29 is 28.5 Å². The van der Waals surface area contributed by atoms with Gasteiger partial charge in [0.15, 0.2) is 11.5 Å². The Labute approximate surface area is 254 Å². The average Bonchev–Trinajstić information content (AvgIpc) is 3.02. The molecule has 0 aliphatic carbocycles. The third kappa shape index (κ3) is 7.05. The minimum atomic E-state index is -0.363. The molecule has 0 atom stereocenters. The van der Waals surface area contributed by atoms with Crippen LogP contribution in [-0.4, -0.2) is 68.6 Å². The summed E-state index contributed by atoms with van der Waals surface area (Å²) in [7, 11) is 0. The fourth-order valence-corrected chi connectivity index (χ4v) is 5.13. The number of rotatable bonds is 9. The third-order valence-electron chi connectivity index (χ3n) is 7.18. The number of fused-ring (bicyclic) bond motifs is 3. The summed E-state index contributed by atoms with van der Waals surface area (Å²) in [6, 6.07) is 15.7. The molecule has 43 heavy (non-hydrogen) atoms. The van der Waals surface area contributed by atoms with Crippen molar-refractivity contribution >= 4 is 39.9 Å². The largest absolute Gasteiger partial charge is 0.489 e. The molecule has 0 saturated carbocycles. The van der Waals surface area contributed by atoms with E-state index in [0.717, 1.165) is 44.8 Å². The standard InChI is InChI=1S/C32H33ClN4O6/c1-21-19-23(5-8-25(21)33)36-32(38)35-22-3-6-24(7-4-22)43-27-9-10-34-26-20-28(30-31(29(26)27)42-18-17-41-30)40-14-2-11-37-12-15-39-16-13-37/h3-10,19-20H,2,11-18H2,1H3,(H2,35,36,38). The molecule has 1 saturated heterocycles. The van der Waals surface area contributed by atoms with Crippen molar-refractivity contribution in [2.24, 2.45) is 0 Å². The molecule has 224 valence electrons. The number of carbonyl (C=O) groups is 1. The maximum absolute atomic E-state index is 12.5. The molecule has 0 radical (unpaired) electrons. The first-order valence-electron chi connectivity index (χ1n) is 14.3. The molecular weight excluding hydrogens is 572 g/mol. The van der Waals surface area contributed by atoms with Crippen molar-refractivity contribution in [3.8, 4) is 28.7 Å². The zero-order valence-corrected chi connectivity index (χ0v) is 24.6. The molecule has 3 aromatic carbocycles. The van der Waals surface area contributed by atoms with Crippen LogP contribution in [0.15, 0.2) is 60.8 Å². The normalized spacial score (nSPS) is 14.7. The summed E-state index contributed by atoms with van der Waals surface area (Å²) >= 11 is 6.07. The number of anilines is 2. The number of hydrogen-bond acceptors (Lipinski definition) is 8. The van der Waals surface area contributed by atoms with Gasteiger partial charge in [-0.25, -0.2) is 4.79 Å². The number of aromatic nitrogens is 1. The van der Waals surface area contributed by atoms with Crippen molar-refractivity contribution in [3.05, 3.63) is 71.4 Å². The van der Waals surface area contributed by atoms with Crippen LogP contribution in [0.2, 0.25) is 5.02 Å². The first kappa shape index (κ1) is 28.9. The minimum Gasteiger partial charge on any atom is -0.489 e. The summed E-state index contributed by atoms with van der Waals surface area (Å²) in [4.78, 5) is 19.4. The van der Waals surface area contributed by atoms with Crippen LogP contribution < -0.4 is 29.6 Å². The first-order valence-corrected chi connectivity index (χ1v) is 14.7. The second kappa shape index (κ2) is 13.4. The Morgan fingerprint density at radius 3 is 2.47 bits per heavy atom. The van der Waals surface area contributed by atoms with Gasteiger partial charge in [-0.3, -0.25) is 9.88 Å². The van der Waals surface area contributed by atoms with Gasteiger partial charge < -0.3 is 34.3 Å². The molecule has 6 rings (SSSR count). The molecule has 1 aromatic heterocycles. The fraction of sp³-hybridized carbons (Fsp3) is 0.312. The second-order valence-electron chi connectivity index (χ2n) is 10.3. The lowest BCUT2D eigenvalue weighted by atomic mass is 10.1. The van der Waals surface area contributed by atoms with Gasteiger partial charge in [0, 0.05) is 48.3 Å². The average molecular weight is 605 g/mol. The van der Waals surface area contributed by atoms with Crippen LogP contribution in [0.4, 0.5) is 16.2 Å². The fourth-order valence-electron chi connectivity index (χ4n) is 5.01. The zero-order chi connectivity index (χ0) is 29.6. The number of nitrogens with zero attached hydrogens (tertiary/aromatic N) is 2. The van der Waals surface area contributed by atoms with E-state index in [-0.39, 0.29) is 6.03 Å². The highest BCUT2D eigenvalue weighted by molar-refractivity contribution is 6.31. The number of aryl methyl sites for hydroxylation is 1. The Morgan fingerprint density at radius 2 is 1.67 bits per heavy atom. The van der Waals surface area contributed by atoms with Gasteiger partial charge in [0.2, 0.25) is 5.75 Å². The van der Waals surface area contributed by atoms with Gasteiger partial charge in [-0.15, -0.1) is 0 Å². The molecule has 0 unspecified atom stereocenters. The number of pyridine rings is 1. The molecule has 0 bridgehead atoms. The van der Waals surface area contributed by atoms with Crippen LogP contribution in [0, 0.1) is 6.92 Å². The number of benzene rings is 3. The molecule has 4 aromatic rings. The number of carbonyl (C=O) groups excluding carboxylic acids is 1. The van der Waals surface area contributed by atoms with Crippen molar-refractivity contribution in [1.29, 1.82) is 0 Å². The Morgan fingerprint density at radius 1 is 0.930 bits per heavy atom. The van der Waals surface area contributed by atoms with Crippen LogP contribution in [0.1, 0.15) is 12.0 Å².